The van der Waals surface area contributed by atoms with Crippen molar-refractivity contribution in [3.63, 3.8) is 0 Å². The summed E-state index contributed by atoms with van der Waals surface area (Å²) in [6, 6.07) is 13.6. The number of pyridine rings is 1. The third-order valence-electron chi connectivity index (χ3n) is 6.41. The van der Waals surface area contributed by atoms with Crippen LogP contribution >= 0.6 is 0 Å². The monoisotopic (exact) mass is 449 g/mol. The van der Waals surface area contributed by atoms with Crippen molar-refractivity contribution in [2.24, 2.45) is 0 Å². The molecular formula is C28H39N3O2. The smallest absolute Gasteiger partial charge is 0.252 e. The first-order valence-electron chi connectivity index (χ1n) is 12.1. The van der Waals surface area contributed by atoms with Gasteiger partial charge in [-0.15, -0.1) is 0 Å². The topological polar surface area (TPSA) is 71.1 Å². The highest BCUT2D eigenvalue weighted by atomic mass is 16.2. The second kappa shape index (κ2) is 9.66. The van der Waals surface area contributed by atoms with Crippen LogP contribution in [0.25, 0.3) is 0 Å². The van der Waals surface area contributed by atoms with Crippen LogP contribution in [0.2, 0.25) is 0 Å². The molecule has 1 saturated carbocycles. The molecule has 5 nitrogen and oxygen atoms in total. The number of carbonyl (C=O) groups excluding carboxylic acids is 2. The number of amides is 2. The lowest BCUT2D eigenvalue weighted by Crippen LogP contribution is -2.59. The molecule has 1 aromatic heterocycles. The number of nitrogens with zero attached hydrogens (tertiary/aromatic N) is 1. The van der Waals surface area contributed by atoms with E-state index >= 15 is 0 Å². The summed E-state index contributed by atoms with van der Waals surface area (Å²) in [6.45, 7) is 13.1. The van der Waals surface area contributed by atoms with Crippen molar-refractivity contribution >= 4 is 11.8 Å². The Labute approximate surface area is 198 Å². The Bertz CT molecular complexity index is 946. The molecular weight excluding hydrogens is 410 g/mol. The van der Waals surface area contributed by atoms with Crippen molar-refractivity contribution in [2.45, 2.75) is 96.6 Å². The quantitative estimate of drug-likeness (QED) is 0.640. The zero-order valence-corrected chi connectivity index (χ0v) is 21.0. The van der Waals surface area contributed by atoms with E-state index in [-0.39, 0.29) is 22.6 Å². The first kappa shape index (κ1) is 24.9. The van der Waals surface area contributed by atoms with Gasteiger partial charge in [-0.1, -0.05) is 91.1 Å². The van der Waals surface area contributed by atoms with Crippen molar-refractivity contribution < 1.29 is 9.59 Å². The lowest BCUT2D eigenvalue weighted by atomic mass is 9.80. The maximum Gasteiger partial charge on any atom is 0.252 e. The molecule has 0 spiro atoms. The number of carbonyl (C=O) groups is 2. The molecule has 1 aliphatic rings. The summed E-state index contributed by atoms with van der Waals surface area (Å²) in [6.07, 6.45) is 4.25. The number of aromatic nitrogens is 1. The highest BCUT2D eigenvalue weighted by Crippen LogP contribution is 2.31. The molecule has 2 N–H and O–H groups in total. The molecule has 33 heavy (non-hydrogen) atoms. The van der Waals surface area contributed by atoms with E-state index in [2.05, 4.69) is 52.2 Å². The van der Waals surface area contributed by atoms with E-state index in [1.54, 1.807) is 0 Å². The van der Waals surface area contributed by atoms with E-state index in [0.717, 1.165) is 36.2 Å². The van der Waals surface area contributed by atoms with Gasteiger partial charge in [0.05, 0.1) is 0 Å². The Hall–Kier alpha value is -2.69. The fourth-order valence-corrected chi connectivity index (χ4v) is 4.23. The van der Waals surface area contributed by atoms with E-state index < -0.39 is 5.54 Å². The van der Waals surface area contributed by atoms with Crippen LogP contribution in [0.1, 0.15) is 101 Å². The molecule has 5 heteroatoms. The molecule has 0 atom stereocenters. The number of hydrogen-bond acceptors (Lipinski definition) is 3. The fourth-order valence-electron chi connectivity index (χ4n) is 4.23. The van der Waals surface area contributed by atoms with Crippen LogP contribution in [-0.4, -0.2) is 22.3 Å². The largest absolute Gasteiger partial charge is 0.350 e. The minimum absolute atomic E-state index is 0.0967. The molecule has 0 aliphatic heterocycles. The molecule has 1 aliphatic carbocycles. The molecule has 1 aromatic carbocycles. The second-order valence-electron chi connectivity index (χ2n) is 11.4. The van der Waals surface area contributed by atoms with Crippen molar-refractivity contribution in [1.82, 2.24) is 15.6 Å². The van der Waals surface area contributed by atoms with Crippen LogP contribution in [0, 0.1) is 0 Å². The van der Waals surface area contributed by atoms with Crippen LogP contribution in [0.15, 0.2) is 42.5 Å². The molecule has 2 aromatic rings. The molecule has 0 unspecified atom stereocenters. The molecule has 0 saturated heterocycles. The summed E-state index contributed by atoms with van der Waals surface area (Å²) in [5, 5.41) is 6.23. The molecule has 0 radical (unpaired) electrons. The third kappa shape index (κ3) is 6.21. The Morgan fingerprint density at radius 2 is 1.42 bits per heavy atom. The van der Waals surface area contributed by atoms with E-state index in [1.807, 2.05) is 42.5 Å². The zero-order chi connectivity index (χ0) is 24.3. The summed E-state index contributed by atoms with van der Waals surface area (Å²) in [7, 11) is 0. The molecule has 2 amide bonds. The third-order valence-corrected chi connectivity index (χ3v) is 6.41. The predicted molar refractivity (Wildman–Crippen MR) is 133 cm³/mol. The maximum absolute atomic E-state index is 13.5. The van der Waals surface area contributed by atoms with E-state index in [0.29, 0.717) is 24.9 Å². The Balaban J connectivity index is 1.87. The van der Waals surface area contributed by atoms with Gasteiger partial charge in [-0.2, -0.15) is 0 Å². The normalized spacial score (nSPS) is 16.2. The lowest BCUT2D eigenvalue weighted by Gasteiger charge is -2.37. The average molecular weight is 450 g/mol. The summed E-state index contributed by atoms with van der Waals surface area (Å²) < 4.78 is 0. The molecule has 1 heterocycles. The number of hydrogen-bond donors (Lipinski definition) is 2. The molecule has 0 bridgehead atoms. The minimum Gasteiger partial charge on any atom is -0.350 e. The summed E-state index contributed by atoms with van der Waals surface area (Å²) >= 11 is 0. The Morgan fingerprint density at radius 3 is 1.94 bits per heavy atom. The minimum atomic E-state index is -0.878. The SMILES string of the molecule is CC(C)(C)c1cc(C(=O)NC2(C(=O)NCc3ccccc3)CCCCC2)cc(C(C)(C)C)n1. The van der Waals surface area contributed by atoms with Gasteiger partial charge in [-0.3, -0.25) is 14.6 Å². The van der Waals surface area contributed by atoms with Crippen molar-refractivity contribution in [3.05, 3.63) is 65.0 Å². The number of nitrogens with one attached hydrogen (secondary N) is 2. The fraction of sp³-hybridized carbons (Fsp3) is 0.536. The summed E-state index contributed by atoms with van der Waals surface area (Å²) in [5.41, 5.74) is 2.12. The highest BCUT2D eigenvalue weighted by molar-refractivity contribution is 5.99. The molecule has 1 fully saturated rings. The summed E-state index contributed by atoms with van der Waals surface area (Å²) in [5.74, 6) is -0.300. The van der Waals surface area contributed by atoms with Gasteiger partial charge in [-0.25, -0.2) is 0 Å². The van der Waals surface area contributed by atoms with Crippen molar-refractivity contribution in [2.75, 3.05) is 0 Å². The lowest BCUT2D eigenvalue weighted by molar-refractivity contribution is -0.128. The van der Waals surface area contributed by atoms with Gasteiger partial charge in [0, 0.05) is 34.3 Å². The number of benzene rings is 1. The standard InChI is InChI=1S/C28H39N3O2/c1-26(2,3)22-17-21(18-23(30-22)27(4,5)6)24(32)31-28(15-11-8-12-16-28)25(33)29-19-20-13-9-7-10-14-20/h7,9-10,13-14,17-18H,8,11-12,15-16,19H2,1-6H3,(H,29,33)(H,31,32). The van der Waals surface area contributed by atoms with Gasteiger partial charge in [-0.05, 0) is 30.5 Å². The zero-order valence-electron chi connectivity index (χ0n) is 21.0. The summed E-state index contributed by atoms with van der Waals surface area (Å²) in [4.78, 5) is 31.8. The van der Waals surface area contributed by atoms with Crippen molar-refractivity contribution in [3.8, 4) is 0 Å². The Kier molecular flexibility index (Phi) is 7.30. The first-order valence-corrected chi connectivity index (χ1v) is 12.1. The molecule has 3 rings (SSSR count). The second-order valence-corrected chi connectivity index (χ2v) is 11.4. The van der Waals surface area contributed by atoms with Crippen LogP contribution in [0.4, 0.5) is 0 Å². The number of rotatable bonds is 5. The van der Waals surface area contributed by atoms with Crippen LogP contribution in [0.3, 0.4) is 0 Å². The van der Waals surface area contributed by atoms with Gasteiger partial charge in [0.2, 0.25) is 5.91 Å². The highest BCUT2D eigenvalue weighted by Gasteiger charge is 2.41. The van der Waals surface area contributed by atoms with Gasteiger partial charge in [0.1, 0.15) is 5.54 Å². The van der Waals surface area contributed by atoms with Gasteiger partial charge in [0.25, 0.3) is 5.91 Å². The van der Waals surface area contributed by atoms with E-state index in [9.17, 15) is 9.59 Å². The van der Waals surface area contributed by atoms with E-state index in [1.165, 1.54) is 0 Å². The van der Waals surface area contributed by atoms with Gasteiger partial charge < -0.3 is 10.6 Å². The van der Waals surface area contributed by atoms with Gasteiger partial charge in [0.15, 0.2) is 0 Å². The Morgan fingerprint density at radius 1 is 0.879 bits per heavy atom. The molecule has 178 valence electrons. The van der Waals surface area contributed by atoms with Crippen LogP contribution < -0.4 is 10.6 Å². The van der Waals surface area contributed by atoms with Crippen molar-refractivity contribution in [1.29, 1.82) is 0 Å². The first-order chi connectivity index (χ1) is 15.4. The van der Waals surface area contributed by atoms with E-state index in [4.69, 9.17) is 4.98 Å². The van der Waals surface area contributed by atoms with Gasteiger partial charge >= 0.3 is 0 Å². The van der Waals surface area contributed by atoms with Crippen LogP contribution in [-0.2, 0) is 22.2 Å². The maximum atomic E-state index is 13.5. The average Bonchev–Trinajstić information content (AvgIpc) is 2.77. The predicted octanol–water partition coefficient (Wildman–Crippen LogP) is 5.43. The van der Waals surface area contributed by atoms with Crippen LogP contribution in [0.5, 0.6) is 0 Å².